The molecule has 1 aromatic heterocycles. The molecule has 0 radical (unpaired) electrons. The maximum atomic E-state index is 11.1. The van der Waals surface area contributed by atoms with E-state index in [-0.39, 0.29) is 5.91 Å². The predicted octanol–water partition coefficient (Wildman–Crippen LogP) is 2.37. The molecule has 1 heterocycles. The molecule has 0 spiro atoms. The van der Waals surface area contributed by atoms with Crippen molar-refractivity contribution in [2.75, 3.05) is 7.05 Å². The summed E-state index contributed by atoms with van der Waals surface area (Å²) < 4.78 is 5.08. The molecule has 0 fully saturated rings. The van der Waals surface area contributed by atoms with E-state index in [2.05, 4.69) is 10.1 Å². The number of halogens is 1. The van der Waals surface area contributed by atoms with Crippen LogP contribution >= 0.6 is 11.6 Å². The minimum absolute atomic E-state index is 0.0544. The van der Waals surface area contributed by atoms with Gasteiger partial charge in [-0.2, -0.15) is 4.98 Å². The van der Waals surface area contributed by atoms with E-state index in [1.54, 1.807) is 19.2 Å². The number of hydrogen-bond donors (Lipinski definition) is 0. The normalized spacial score (nSPS) is 10.4. The summed E-state index contributed by atoms with van der Waals surface area (Å²) in [6, 6.07) is 7.14. The van der Waals surface area contributed by atoms with Gasteiger partial charge in [0.2, 0.25) is 17.6 Å². The molecule has 6 heteroatoms. The summed E-state index contributed by atoms with van der Waals surface area (Å²) in [6.45, 7) is 1.78. The lowest BCUT2D eigenvalue weighted by molar-refractivity contribution is -0.128. The molecule has 0 atom stereocenters. The first-order valence-electron chi connectivity index (χ1n) is 5.36. The number of carbonyl (C=O) groups is 1. The molecule has 2 rings (SSSR count). The molecule has 94 valence electrons. The van der Waals surface area contributed by atoms with E-state index in [9.17, 15) is 4.79 Å². The van der Waals surface area contributed by atoms with Crippen LogP contribution in [-0.2, 0) is 11.3 Å². The van der Waals surface area contributed by atoms with Gasteiger partial charge in [0, 0.05) is 24.6 Å². The molecule has 5 nitrogen and oxygen atoms in total. The van der Waals surface area contributed by atoms with Crippen molar-refractivity contribution in [2.45, 2.75) is 13.5 Å². The molecule has 0 saturated carbocycles. The number of nitrogens with zero attached hydrogens (tertiary/aromatic N) is 3. The lowest BCUT2D eigenvalue weighted by Gasteiger charge is -2.10. The van der Waals surface area contributed by atoms with Crippen LogP contribution in [0.15, 0.2) is 28.8 Å². The summed E-state index contributed by atoms with van der Waals surface area (Å²) in [7, 11) is 1.68. The standard InChI is InChI=1S/C12H12ClN3O2/c1-8(17)16(2)7-11-14-12(15-18-11)9-3-5-10(13)6-4-9/h3-6H,7H2,1-2H3. The number of rotatable bonds is 3. The largest absolute Gasteiger partial charge is 0.337 e. The second-order valence-corrected chi connectivity index (χ2v) is 4.33. The number of aromatic nitrogens is 2. The molecular weight excluding hydrogens is 254 g/mol. The fourth-order valence-corrected chi connectivity index (χ4v) is 1.48. The average molecular weight is 266 g/mol. The number of amides is 1. The lowest BCUT2D eigenvalue weighted by atomic mass is 10.2. The highest BCUT2D eigenvalue weighted by molar-refractivity contribution is 6.30. The van der Waals surface area contributed by atoms with Gasteiger partial charge in [-0.1, -0.05) is 16.8 Å². The summed E-state index contributed by atoms with van der Waals surface area (Å²) in [5, 5.41) is 4.51. The zero-order valence-corrected chi connectivity index (χ0v) is 10.8. The summed E-state index contributed by atoms with van der Waals surface area (Å²) in [5.74, 6) is 0.831. The summed E-state index contributed by atoms with van der Waals surface area (Å²) >= 11 is 5.80. The molecule has 2 aromatic rings. The van der Waals surface area contributed by atoms with Crippen LogP contribution in [0.4, 0.5) is 0 Å². The Balaban J connectivity index is 2.15. The van der Waals surface area contributed by atoms with Gasteiger partial charge in [-0.25, -0.2) is 0 Å². The van der Waals surface area contributed by atoms with Crippen molar-refractivity contribution in [1.82, 2.24) is 15.0 Å². The Hall–Kier alpha value is -1.88. The zero-order chi connectivity index (χ0) is 13.1. The maximum absolute atomic E-state index is 11.1. The highest BCUT2D eigenvalue weighted by Gasteiger charge is 2.11. The minimum atomic E-state index is -0.0544. The van der Waals surface area contributed by atoms with Gasteiger partial charge in [0.15, 0.2) is 0 Å². The van der Waals surface area contributed by atoms with Crippen LogP contribution in [0.5, 0.6) is 0 Å². The number of hydrogen-bond acceptors (Lipinski definition) is 4. The summed E-state index contributed by atoms with van der Waals surface area (Å²) in [5.41, 5.74) is 0.819. The fraction of sp³-hybridized carbons (Fsp3) is 0.250. The summed E-state index contributed by atoms with van der Waals surface area (Å²) in [6.07, 6.45) is 0. The van der Waals surface area contributed by atoms with Crippen molar-refractivity contribution < 1.29 is 9.32 Å². The van der Waals surface area contributed by atoms with Gasteiger partial charge in [-0.15, -0.1) is 0 Å². The van der Waals surface area contributed by atoms with Crippen molar-refractivity contribution >= 4 is 17.5 Å². The van der Waals surface area contributed by atoms with Crippen LogP contribution in [0.1, 0.15) is 12.8 Å². The lowest BCUT2D eigenvalue weighted by Crippen LogP contribution is -2.23. The van der Waals surface area contributed by atoms with Gasteiger partial charge >= 0.3 is 0 Å². The van der Waals surface area contributed by atoms with Crippen LogP contribution in [0.25, 0.3) is 11.4 Å². The zero-order valence-electron chi connectivity index (χ0n) is 10.1. The fourth-order valence-electron chi connectivity index (χ4n) is 1.35. The highest BCUT2D eigenvalue weighted by atomic mass is 35.5. The highest BCUT2D eigenvalue weighted by Crippen LogP contribution is 2.18. The van der Waals surface area contributed by atoms with Crippen LogP contribution < -0.4 is 0 Å². The molecule has 1 aromatic carbocycles. The van der Waals surface area contributed by atoms with E-state index in [1.165, 1.54) is 11.8 Å². The van der Waals surface area contributed by atoms with E-state index in [0.29, 0.717) is 23.3 Å². The molecule has 0 bridgehead atoms. The molecule has 0 unspecified atom stereocenters. The first kappa shape index (κ1) is 12.6. The van der Waals surface area contributed by atoms with Gasteiger partial charge in [0.25, 0.3) is 0 Å². The van der Waals surface area contributed by atoms with Crippen molar-refractivity contribution in [3.63, 3.8) is 0 Å². The number of benzene rings is 1. The van der Waals surface area contributed by atoms with Crippen molar-refractivity contribution in [3.8, 4) is 11.4 Å². The third-order valence-corrected chi connectivity index (χ3v) is 2.73. The molecule has 0 aliphatic rings. The Morgan fingerprint density at radius 2 is 2.06 bits per heavy atom. The van der Waals surface area contributed by atoms with Crippen LogP contribution in [0.2, 0.25) is 5.02 Å². The minimum Gasteiger partial charge on any atom is -0.337 e. The summed E-state index contributed by atoms with van der Waals surface area (Å²) in [4.78, 5) is 16.8. The van der Waals surface area contributed by atoms with E-state index in [0.717, 1.165) is 5.56 Å². The van der Waals surface area contributed by atoms with E-state index in [1.807, 2.05) is 12.1 Å². The molecule has 0 aliphatic carbocycles. The third-order valence-electron chi connectivity index (χ3n) is 2.48. The van der Waals surface area contributed by atoms with Crippen LogP contribution in [0, 0.1) is 0 Å². The van der Waals surface area contributed by atoms with Crippen molar-refractivity contribution in [2.24, 2.45) is 0 Å². The Kier molecular flexibility index (Phi) is 3.62. The smallest absolute Gasteiger partial charge is 0.246 e. The topological polar surface area (TPSA) is 59.2 Å². The molecule has 0 N–H and O–H groups in total. The van der Waals surface area contributed by atoms with Gasteiger partial charge in [-0.05, 0) is 24.3 Å². The van der Waals surface area contributed by atoms with Crippen LogP contribution in [-0.4, -0.2) is 28.0 Å². The van der Waals surface area contributed by atoms with Crippen molar-refractivity contribution in [1.29, 1.82) is 0 Å². The van der Waals surface area contributed by atoms with Gasteiger partial charge < -0.3 is 9.42 Å². The van der Waals surface area contributed by atoms with E-state index < -0.39 is 0 Å². The molecular formula is C12H12ClN3O2. The maximum Gasteiger partial charge on any atom is 0.246 e. The van der Waals surface area contributed by atoms with Gasteiger partial charge in [0.05, 0.1) is 6.54 Å². The molecule has 0 aliphatic heterocycles. The predicted molar refractivity (Wildman–Crippen MR) is 66.9 cm³/mol. The first-order chi connectivity index (χ1) is 8.56. The second-order valence-electron chi connectivity index (χ2n) is 3.89. The average Bonchev–Trinajstić information content (AvgIpc) is 2.78. The Bertz CT molecular complexity index is 551. The molecule has 1 amide bonds. The monoisotopic (exact) mass is 265 g/mol. The van der Waals surface area contributed by atoms with Gasteiger partial charge in [0.1, 0.15) is 0 Å². The van der Waals surface area contributed by atoms with E-state index >= 15 is 0 Å². The van der Waals surface area contributed by atoms with E-state index in [4.69, 9.17) is 16.1 Å². The van der Waals surface area contributed by atoms with Gasteiger partial charge in [-0.3, -0.25) is 4.79 Å². The molecule has 0 saturated heterocycles. The SMILES string of the molecule is CC(=O)N(C)Cc1nc(-c2ccc(Cl)cc2)no1. The quantitative estimate of drug-likeness (QED) is 0.855. The Morgan fingerprint density at radius 3 is 2.67 bits per heavy atom. The number of carbonyl (C=O) groups excluding carboxylic acids is 1. The third kappa shape index (κ3) is 2.87. The van der Waals surface area contributed by atoms with Crippen molar-refractivity contribution in [3.05, 3.63) is 35.2 Å². The Labute approximate surface area is 109 Å². The second kappa shape index (κ2) is 5.18. The Morgan fingerprint density at radius 1 is 1.39 bits per heavy atom. The molecule has 18 heavy (non-hydrogen) atoms. The van der Waals surface area contributed by atoms with Crippen LogP contribution in [0.3, 0.4) is 0 Å². The first-order valence-corrected chi connectivity index (χ1v) is 5.74.